The van der Waals surface area contributed by atoms with Gasteiger partial charge in [-0.1, -0.05) is 19.1 Å². The van der Waals surface area contributed by atoms with Crippen LogP contribution in [-0.2, 0) is 13.0 Å². The van der Waals surface area contributed by atoms with Gasteiger partial charge in [0, 0.05) is 13.0 Å². The number of para-hydroxylation sites is 2. The molecule has 0 spiro atoms. The minimum absolute atomic E-state index is 0.966. The van der Waals surface area contributed by atoms with E-state index in [4.69, 9.17) is 0 Å². The Bertz CT molecular complexity index is 462. The molecular formula is C13H18N2S. The molecule has 1 aromatic carbocycles. The van der Waals surface area contributed by atoms with Gasteiger partial charge in [-0.05, 0) is 30.7 Å². The third-order valence-corrected chi connectivity index (χ3v) is 3.16. The number of aromatic nitrogens is 2. The molecular weight excluding hydrogens is 216 g/mol. The van der Waals surface area contributed by atoms with E-state index in [2.05, 4.69) is 47.3 Å². The van der Waals surface area contributed by atoms with E-state index in [0.29, 0.717) is 0 Å². The van der Waals surface area contributed by atoms with Gasteiger partial charge in [0.1, 0.15) is 5.82 Å². The standard InChI is InChI=1S/C13H18N2S/c1-2-13-14-11-7-3-4-8-12(11)15(13)9-5-6-10-16/h3-4,7-8,16H,2,5-6,9-10H2,1H3. The normalized spacial score (nSPS) is 11.1. The SMILES string of the molecule is CCc1nc2ccccc2n1CCCCS. The van der Waals surface area contributed by atoms with Crippen LogP contribution in [0.25, 0.3) is 11.0 Å². The van der Waals surface area contributed by atoms with Crippen LogP contribution in [0.4, 0.5) is 0 Å². The molecule has 0 saturated heterocycles. The molecule has 0 aliphatic rings. The second kappa shape index (κ2) is 5.39. The van der Waals surface area contributed by atoms with Gasteiger partial charge in [-0.3, -0.25) is 0 Å². The van der Waals surface area contributed by atoms with Crippen LogP contribution in [-0.4, -0.2) is 15.3 Å². The lowest BCUT2D eigenvalue weighted by Crippen LogP contribution is -2.03. The minimum atomic E-state index is 0.966. The van der Waals surface area contributed by atoms with Gasteiger partial charge in [0.25, 0.3) is 0 Å². The van der Waals surface area contributed by atoms with E-state index < -0.39 is 0 Å². The molecule has 3 heteroatoms. The first-order valence-corrected chi connectivity index (χ1v) is 6.55. The Morgan fingerprint density at radius 1 is 1.25 bits per heavy atom. The predicted octanol–water partition coefficient (Wildman–Crippen LogP) is 3.31. The van der Waals surface area contributed by atoms with E-state index in [1.165, 1.54) is 24.2 Å². The highest BCUT2D eigenvalue weighted by molar-refractivity contribution is 7.80. The highest BCUT2D eigenvalue weighted by atomic mass is 32.1. The van der Waals surface area contributed by atoms with E-state index in [1.54, 1.807) is 0 Å². The largest absolute Gasteiger partial charge is 0.328 e. The number of rotatable bonds is 5. The summed E-state index contributed by atoms with van der Waals surface area (Å²) in [5, 5.41) is 0. The topological polar surface area (TPSA) is 17.8 Å². The summed E-state index contributed by atoms with van der Waals surface area (Å²) in [4.78, 5) is 4.65. The molecule has 1 aromatic heterocycles. The van der Waals surface area contributed by atoms with Gasteiger partial charge in [0.05, 0.1) is 11.0 Å². The molecule has 2 aromatic rings. The van der Waals surface area contributed by atoms with Gasteiger partial charge in [0.2, 0.25) is 0 Å². The summed E-state index contributed by atoms with van der Waals surface area (Å²) in [6.07, 6.45) is 3.34. The van der Waals surface area contributed by atoms with Crippen LogP contribution in [0.1, 0.15) is 25.6 Å². The summed E-state index contributed by atoms with van der Waals surface area (Å²) in [7, 11) is 0. The number of hydrogen-bond donors (Lipinski definition) is 1. The zero-order valence-electron chi connectivity index (χ0n) is 9.69. The maximum absolute atomic E-state index is 4.65. The van der Waals surface area contributed by atoms with Crippen LogP contribution in [0.15, 0.2) is 24.3 Å². The van der Waals surface area contributed by atoms with Crippen molar-refractivity contribution in [2.45, 2.75) is 32.7 Å². The summed E-state index contributed by atoms with van der Waals surface area (Å²) >= 11 is 4.25. The Hall–Kier alpha value is -0.960. The number of imidazole rings is 1. The van der Waals surface area contributed by atoms with E-state index in [1.807, 2.05) is 6.07 Å². The molecule has 0 amide bonds. The third kappa shape index (κ3) is 2.24. The van der Waals surface area contributed by atoms with Crippen LogP contribution in [0.5, 0.6) is 0 Å². The van der Waals surface area contributed by atoms with Crippen molar-refractivity contribution in [2.24, 2.45) is 0 Å². The van der Waals surface area contributed by atoms with Crippen molar-refractivity contribution in [3.8, 4) is 0 Å². The number of hydrogen-bond acceptors (Lipinski definition) is 2. The first-order valence-electron chi connectivity index (χ1n) is 5.91. The molecule has 0 N–H and O–H groups in total. The summed E-state index contributed by atoms with van der Waals surface area (Å²) in [6, 6.07) is 8.37. The average Bonchev–Trinajstić information content (AvgIpc) is 2.68. The van der Waals surface area contributed by atoms with Gasteiger partial charge < -0.3 is 4.57 Å². The lowest BCUT2D eigenvalue weighted by molar-refractivity contribution is 0.623. The van der Waals surface area contributed by atoms with Crippen molar-refractivity contribution in [2.75, 3.05) is 5.75 Å². The molecule has 86 valence electrons. The molecule has 0 aliphatic heterocycles. The maximum Gasteiger partial charge on any atom is 0.109 e. The molecule has 0 fully saturated rings. The number of fused-ring (bicyclic) bond motifs is 1. The van der Waals surface area contributed by atoms with E-state index >= 15 is 0 Å². The number of aryl methyl sites for hydroxylation is 2. The predicted molar refractivity (Wildman–Crippen MR) is 72.2 cm³/mol. The quantitative estimate of drug-likeness (QED) is 0.621. The van der Waals surface area contributed by atoms with Crippen molar-refractivity contribution in [1.29, 1.82) is 0 Å². The Balaban J connectivity index is 2.32. The summed E-state index contributed by atoms with van der Waals surface area (Å²) in [5.74, 6) is 2.16. The first kappa shape index (κ1) is 11.5. The fourth-order valence-corrected chi connectivity index (χ4v) is 2.25. The van der Waals surface area contributed by atoms with Gasteiger partial charge >= 0.3 is 0 Å². The zero-order valence-corrected chi connectivity index (χ0v) is 10.6. The molecule has 0 unspecified atom stereocenters. The fourth-order valence-electron chi connectivity index (χ4n) is 2.03. The van der Waals surface area contributed by atoms with Crippen molar-refractivity contribution in [3.05, 3.63) is 30.1 Å². The molecule has 1 heterocycles. The highest BCUT2D eigenvalue weighted by Crippen LogP contribution is 2.17. The van der Waals surface area contributed by atoms with E-state index in [-0.39, 0.29) is 0 Å². The van der Waals surface area contributed by atoms with Gasteiger partial charge in [-0.2, -0.15) is 12.6 Å². The van der Waals surface area contributed by atoms with Crippen LogP contribution >= 0.6 is 12.6 Å². The van der Waals surface area contributed by atoms with Crippen molar-refractivity contribution in [1.82, 2.24) is 9.55 Å². The van der Waals surface area contributed by atoms with Crippen LogP contribution in [0.3, 0.4) is 0 Å². The van der Waals surface area contributed by atoms with Crippen molar-refractivity contribution >= 4 is 23.7 Å². The molecule has 16 heavy (non-hydrogen) atoms. The fraction of sp³-hybridized carbons (Fsp3) is 0.462. The summed E-state index contributed by atoms with van der Waals surface area (Å²) in [5.41, 5.74) is 2.38. The smallest absolute Gasteiger partial charge is 0.109 e. The molecule has 0 bridgehead atoms. The molecule has 0 aliphatic carbocycles. The number of nitrogens with zero attached hydrogens (tertiary/aromatic N) is 2. The summed E-state index contributed by atoms with van der Waals surface area (Å²) in [6.45, 7) is 3.22. The Morgan fingerprint density at radius 3 is 2.81 bits per heavy atom. The second-order valence-electron chi connectivity index (χ2n) is 3.95. The van der Waals surface area contributed by atoms with E-state index in [9.17, 15) is 0 Å². The molecule has 0 atom stereocenters. The maximum atomic E-state index is 4.65. The Morgan fingerprint density at radius 2 is 2.06 bits per heavy atom. The highest BCUT2D eigenvalue weighted by Gasteiger charge is 2.07. The number of thiol groups is 1. The zero-order chi connectivity index (χ0) is 11.4. The molecule has 2 nitrogen and oxygen atoms in total. The van der Waals surface area contributed by atoms with Crippen molar-refractivity contribution < 1.29 is 0 Å². The van der Waals surface area contributed by atoms with Crippen LogP contribution in [0, 0.1) is 0 Å². The monoisotopic (exact) mass is 234 g/mol. The Kier molecular flexibility index (Phi) is 3.88. The average molecular weight is 234 g/mol. The molecule has 2 rings (SSSR count). The molecule has 0 radical (unpaired) electrons. The third-order valence-electron chi connectivity index (χ3n) is 2.84. The van der Waals surface area contributed by atoms with Crippen LogP contribution < -0.4 is 0 Å². The van der Waals surface area contributed by atoms with Crippen molar-refractivity contribution in [3.63, 3.8) is 0 Å². The lowest BCUT2D eigenvalue weighted by Gasteiger charge is -2.07. The first-order chi connectivity index (χ1) is 7.86. The number of benzene rings is 1. The van der Waals surface area contributed by atoms with E-state index in [0.717, 1.165) is 24.2 Å². The van der Waals surface area contributed by atoms with Crippen LogP contribution in [0.2, 0.25) is 0 Å². The lowest BCUT2D eigenvalue weighted by atomic mass is 10.3. The second-order valence-corrected chi connectivity index (χ2v) is 4.40. The minimum Gasteiger partial charge on any atom is -0.328 e. The van der Waals surface area contributed by atoms with Gasteiger partial charge in [-0.15, -0.1) is 0 Å². The number of unbranched alkanes of at least 4 members (excludes halogenated alkanes) is 1. The molecule has 0 saturated carbocycles. The Labute approximate surface area is 102 Å². The summed E-state index contributed by atoms with van der Waals surface area (Å²) < 4.78 is 2.35. The van der Waals surface area contributed by atoms with Gasteiger partial charge in [0.15, 0.2) is 0 Å². The van der Waals surface area contributed by atoms with Gasteiger partial charge in [-0.25, -0.2) is 4.98 Å².